The van der Waals surface area contributed by atoms with Crippen molar-refractivity contribution in [3.63, 3.8) is 0 Å². The fourth-order valence-corrected chi connectivity index (χ4v) is 11.2. The van der Waals surface area contributed by atoms with E-state index in [4.69, 9.17) is 0 Å². The van der Waals surface area contributed by atoms with Gasteiger partial charge in [-0.1, -0.05) is 158 Å². The Morgan fingerprint density at radius 2 is 0.794 bits per heavy atom. The van der Waals surface area contributed by atoms with Crippen molar-refractivity contribution in [2.24, 2.45) is 0 Å². The van der Waals surface area contributed by atoms with Gasteiger partial charge in [-0.05, 0) is 127 Å². The van der Waals surface area contributed by atoms with Crippen LogP contribution in [0.25, 0.3) is 102 Å². The predicted octanol–water partition coefficient (Wildman–Crippen LogP) is 17.4. The smallest absolute Gasteiger partial charge is 0.0640 e. The van der Waals surface area contributed by atoms with Crippen LogP contribution in [-0.2, 0) is 0 Å². The van der Waals surface area contributed by atoms with Gasteiger partial charge in [0.1, 0.15) is 0 Å². The van der Waals surface area contributed by atoms with Crippen LogP contribution in [0.2, 0.25) is 0 Å². The summed E-state index contributed by atoms with van der Waals surface area (Å²) in [5.41, 5.74) is 11.8. The number of thiophene rings is 1. The second-order valence-corrected chi connectivity index (χ2v) is 17.5. The molecule has 0 spiro atoms. The standard InChI is InChI=1S/C60H38N2S/c1-2-13-43(14-3-1)61(58-23-12-21-53-52-20-9-11-24-59(52)63-60(53)58)44-31-25-40(26-32-44)42-30-36-57-55(38-42)51-19-8-10-22-56(51)62(57)45-33-27-39(28-34-45)41-29-35-50-48-17-5-4-15-46(48)47-16-6-7-18-49(47)54(50)37-41/h1-38H. The highest BCUT2D eigenvalue weighted by Gasteiger charge is 2.19. The van der Waals surface area contributed by atoms with Crippen LogP contribution in [0.1, 0.15) is 0 Å². The Morgan fingerprint density at radius 3 is 1.51 bits per heavy atom. The fourth-order valence-electron chi connectivity index (χ4n) is 10.0. The van der Waals surface area contributed by atoms with E-state index in [1.807, 2.05) is 11.3 Å². The van der Waals surface area contributed by atoms with E-state index in [2.05, 4.69) is 240 Å². The monoisotopic (exact) mass is 818 g/mol. The number of fused-ring (bicyclic) bond motifs is 12. The van der Waals surface area contributed by atoms with Gasteiger partial charge in [-0.2, -0.15) is 0 Å². The molecule has 11 aromatic carbocycles. The number of nitrogens with zero attached hydrogens (tertiary/aromatic N) is 2. The molecule has 2 aromatic heterocycles. The lowest BCUT2D eigenvalue weighted by Crippen LogP contribution is -2.09. The highest BCUT2D eigenvalue weighted by atomic mass is 32.1. The van der Waals surface area contributed by atoms with Gasteiger partial charge in [0, 0.05) is 43.3 Å². The second kappa shape index (κ2) is 14.3. The Labute approximate surface area is 368 Å². The van der Waals surface area contributed by atoms with E-state index < -0.39 is 0 Å². The summed E-state index contributed by atoms with van der Waals surface area (Å²) in [7, 11) is 0. The van der Waals surface area contributed by atoms with Gasteiger partial charge in [0.25, 0.3) is 0 Å². The number of para-hydroxylation sites is 2. The summed E-state index contributed by atoms with van der Waals surface area (Å²) >= 11 is 1.86. The first kappa shape index (κ1) is 35.7. The molecular weight excluding hydrogens is 781 g/mol. The minimum Gasteiger partial charge on any atom is -0.309 e. The molecule has 2 heterocycles. The number of hydrogen-bond donors (Lipinski definition) is 0. The average molecular weight is 819 g/mol. The van der Waals surface area contributed by atoms with Gasteiger partial charge in [-0.15, -0.1) is 11.3 Å². The molecule has 0 radical (unpaired) electrons. The quantitative estimate of drug-likeness (QED) is 0.152. The minimum atomic E-state index is 1.13. The maximum Gasteiger partial charge on any atom is 0.0640 e. The maximum atomic E-state index is 2.41. The first-order valence-electron chi connectivity index (χ1n) is 21.6. The van der Waals surface area contributed by atoms with Gasteiger partial charge in [0.15, 0.2) is 0 Å². The molecule has 2 nitrogen and oxygen atoms in total. The SMILES string of the molecule is c1ccc(N(c2ccc(-c3ccc4c(c3)c3ccccc3n4-c3ccc(-c4ccc5c6ccccc6c6ccccc6c5c4)cc3)cc2)c2cccc3c2sc2ccccc23)cc1. The lowest BCUT2D eigenvalue weighted by molar-refractivity contribution is 1.18. The lowest BCUT2D eigenvalue weighted by atomic mass is 9.92. The van der Waals surface area contributed by atoms with Crippen LogP contribution >= 0.6 is 11.3 Å². The topological polar surface area (TPSA) is 8.17 Å². The molecule has 13 aromatic rings. The molecule has 0 aliphatic heterocycles. The molecule has 0 bridgehead atoms. The second-order valence-electron chi connectivity index (χ2n) is 16.5. The van der Waals surface area contributed by atoms with E-state index in [9.17, 15) is 0 Å². The zero-order chi connectivity index (χ0) is 41.4. The summed E-state index contributed by atoms with van der Waals surface area (Å²) in [5.74, 6) is 0. The van der Waals surface area contributed by atoms with Crippen LogP contribution in [0.3, 0.4) is 0 Å². The molecule has 0 fully saturated rings. The maximum absolute atomic E-state index is 2.41. The van der Waals surface area contributed by atoms with Gasteiger partial charge < -0.3 is 9.47 Å². The van der Waals surface area contributed by atoms with Crippen LogP contribution in [-0.4, -0.2) is 4.57 Å². The lowest BCUT2D eigenvalue weighted by Gasteiger charge is -2.26. The molecule has 13 rings (SSSR count). The van der Waals surface area contributed by atoms with E-state index in [-0.39, 0.29) is 0 Å². The van der Waals surface area contributed by atoms with Crippen molar-refractivity contribution in [3.8, 4) is 27.9 Å². The van der Waals surface area contributed by atoms with E-state index in [1.165, 1.54) is 102 Å². The molecular formula is C60H38N2S. The molecule has 0 N–H and O–H groups in total. The Morgan fingerprint density at radius 1 is 0.302 bits per heavy atom. The molecule has 294 valence electrons. The van der Waals surface area contributed by atoms with Crippen molar-refractivity contribution in [2.45, 2.75) is 0 Å². The largest absolute Gasteiger partial charge is 0.309 e. The summed E-state index contributed by atoms with van der Waals surface area (Å²) in [4.78, 5) is 2.40. The Balaban J connectivity index is 0.869. The van der Waals surface area contributed by atoms with Crippen molar-refractivity contribution < 1.29 is 0 Å². The molecule has 0 saturated heterocycles. The first-order valence-corrected chi connectivity index (χ1v) is 22.4. The number of anilines is 3. The van der Waals surface area contributed by atoms with Crippen LogP contribution in [0, 0.1) is 0 Å². The summed E-state index contributed by atoms with van der Waals surface area (Å²) in [5, 5.41) is 12.9. The number of rotatable bonds is 6. The van der Waals surface area contributed by atoms with Crippen LogP contribution in [0.15, 0.2) is 231 Å². The first-order chi connectivity index (χ1) is 31.2. The Bertz CT molecular complexity index is 3860. The molecule has 0 unspecified atom stereocenters. The molecule has 0 amide bonds. The zero-order valence-corrected chi connectivity index (χ0v) is 35.1. The molecule has 3 heteroatoms. The minimum absolute atomic E-state index is 1.13. The zero-order valence-electron chi connectivity index (χ0n) is 34.2. The third kappa shape index (κ3) is 5.71. The third-order valence-electron chi connectivity index (χ3n) is 13.0. The van der Waals surface area contributed by atoms with Crippen molar-refractivity contribution in [1.82, 2.24) is 4.57 Å². The Kier molecular flexibility index (Phi) is 8.12. The highest BCUT2D eigenvalue weighted by molar-refractivity contribution is 7.26. The average Bonchev–Trinajstić information content (AvgIpc) is 3.91. The normalized spacial score (nSPS) is 11.8. The summed E-state index contributed by atoms with van der Waals surface area (Å²) in [6, 6.07) is 84.6. The Hall–Kier alpha value is -7.98. The summed E-state index contributed by atoms with van der Waals surface area (Å²) in [6.45, 7) is 0. The van der Waals surface area contributed by atoms with Gasteiger partial charge in [-0.25, -0.2) is 0 Å². The number of benzene rings is 11. The highest BCUT2D eigenvalue weighted by Crippen LogP contribution is 2.45. The van der Waals surface area contributed by atoms with Crippen LogP contribution in [0.4, 0.5) is 17.1 Å². The summed E-state index contributed by atoms with van der Waals surface area (Å²) in [6.07, 6.45) is 0. The van der Waals surface area contributed by atoms with E-state index >= 15 is 0 Å². The van der Waals surface area contributed by atoms with Gasteiger partial charge >= 0.3 is 0 Å². The van der Waals surface area contributed by atoms with Crippen molar-refractivity contribution in [1.29, 1.82) is 0 Å². The van der Waals surface area contributed by atoms with Gasteiger partial charge in [-0.3, -0.25) is 0 Å². The van der Waals surface area contributed by atoms with E-state index in [0.717, 1.165) is 17.1 Å². The van der Waals surface area contributed by atoms with Crippen LogP contribution in [0.5, 0.6) is 0 Å². The molecule has 0 atom stereocenters. The number of aromatic nitrogens is 1. The van der Waals surface area contributed by atoms with Crippen LogP contribution < -0.4 is 4.90 Å². The van der Waals surface area contributed by atoms with E-state index in [1.54, 1.807) is 0 Å². The van der Waals surface area contributed by atoms with Gasteiger partial charge in [0.05, 0.1) is 21.4 Å². The summed E-state index contributed by atoms with van der Waals surface area (Å²) < 4.78 is 5.01. The molecule has 63 heavy (non-hydrogen) atoms. The third-order valence-corrected chi connectivity index (χ3v) is 14.2. The van der Waals surface area contributed by atoms with Crippen molar-refractivity contribution in [2.75, 3.05) is 4.90 Å². The van der Waals surface area contributed by atoms with Gasteiger partial charge in [0.2, 0.25) is 0 Å². The number of hydrogen-bond acceptors (Lipinski definition) is 2. The molecule has 0 aliphatic carbocycles. The predicted molar refractivity (Wildman–Crippen MR) is 272 cm³/mol. The van der Waals surface area contributed by atoms with Crippen molar-refractivity contribution in [3.05, 3.63) is 231 Å². The molecule has 0 aliphatic rings. The molecule has 0 saturated carbocycles. The van der Waals surface area contributed by atoms with Crippen molar-refractivity contribution >= 4 is 103 Å². The fraction of sp³-hybridized carbons (Fsp3) is 0. The van der Waals surface area contributed by atoms with E-state index in [0.29, 0.717) is 0 Å².